The van der Waals surface area contributed by atoms with E-state index in [1.165, 1.54) is 6.20 Å². The van der Waals surface area contributed by atoms with Gasteiger partial charge in [-0.25, -0.2) is 4.79 Å². The Morgan fingerprint density at radius 1 is 1.67 bits per heavy atom. The van der Waals surface area contributed by atoms with E-state index >= 15 is 0 Å². The lowest BCUT2D eigenvalue weighted by Crippen LogP contribution is -2.23. The van der Waals surface area contributed by atoms with Gasteiger partial charge in [-0.15, -0.1) is 0 Å². The molecule has 0 fully saturated rings. The van der Waals surface area contributed by atoms with Crippen molar-refractivity contribution < 1.29 is 22.7 Å². The maximum absolute atomic E-state index is 11.6. The number of H-pyrrole nitrogens is 1. The molecule has 5 nitrogen and oxygen atoms in total. The number of rotatable bonds is 2. The number of halogens is 3. The quantitative estimate of drug-likeness (QED) is 0.803. The van der Waals surface area contributed by atoms with Crippen molar-refractivity contribution in [2.24, 2.45) is 0 Å². The molecule has 0 unspecified atom stereocenters. The van der Waals surface area contributed by atoms with Crippen LogP contribution in [-0.4, -0.2) is 29.1 Å². The van der Waals surface area contributed by atoms with Crippen molar-refractivity contribution in [3.8, 4) is 0 Å². The molecule has 0 saturated heterocycles. The average molecular weight is 223 g/mol. The van der Waals surface area contributed by atoms with Gasteiger partial charge < -0.3 is 4.74 Å². The lowest BCUT2D eigenvalue weighted by molar-refractivity contribution is -0.159. The fourth-order valence-corrected chi connectivity index (χ4v) is 0.758. The Morgan fingerprint density at radius 2 is 2.33 bits per heavy atom. The van der Waals surface area contributed by atoms with Crippen molar-refractivity contribution in [1.82, 2.24) is 10.2 Å². The topological polar surface area (TPSA) is 67.0 Å². The Labute approximate surface area is 82.6 Å². The number of amides is 1. The lowest BCUT2D eigenvalue weighted by Gasteiger charge is -2.08. The van der Waals surface area contributed by atoms with E-state index in [0.29, 0.717) is 5.56 Å². The van der Waals surface area contributed by atoms with E-state index in [9.17, 15) is 18.0 Å². The van der Waals surface area contributed by atoms with Crippen LogP contribution in [0.2, 0.25) is 0 Å². The van der Waals surface area contributed by atoms with Crippen LogP contribution in [0.15, 0.2) is 6.20 Å². The van der Waals surface area contributed by atoms with Crippen LogP contribution in [0.1, 0.15) is 5.56 Å². The summed E-state index contributed by atoms with van der Waals surface area (Å²) in [5.41, 5.74) is 0.596. The molecule has 84 valence electrons. The molecule has 8 heteroatoms. The lowest BCUT2D eigenvalue weighted by atomic mass is 10.4. The number of hydrogen-bond acceptors (Lipinski definition) is 3. The van der Waals surface area contributed by atoms with Crippen molar-refractivity contribution in [3.05, 3.63) is 11.8 Å². The minimum absolute atomic E-state index is 0.210. The summed E-state index contributed by atoms with van der Waals surface area (Å²) in [7, 11) is 0. The van der Waals surface area contributed by atoms with Gasteiger partial charge in [-0.05, 0) is 6.92 Å². The molecule has 1 aromatic rings. The number of ether oxygens (including phenoxy) is 1. The van der Waals surface area contributed by atoms with Gasteiger partial charge in [0.25, 0.3) is 0 Å². The highest BCUT2D eigenvalue weighted by atomic mass is 19.4. The molecular formula is C7H8F3N3O2. The Balaban J connectivity index is 2.41. The van der Waals surface area contributed by atoms with Gasteiger partial charge in [0.05, 0.1) is 6.20 Å². The van der Waals surface area contributed by atoms with Gasteiger partial charge in [-0.3, -0.25) is 10.4 Å². The van der Waals surface area contributed by atoms with Crippen molar-refractivity contribution in [1.29, 1.82) is 0 Å². The number of alkyl halides is 3. The van der Waals surface area contributed by atoms with Crippen molar-refractivity contribution in [2.45, 2.75) is 13.1 Å². The fourth-order valence-electron chi connectivity index (χ4n) is 0.758. The number of nitrogens with zero attached hydrogens (tertiary/aromatic N) is 1. The number of aryl methyl sites for hydroxylation is 1. The molecule has 0 aliphatic heterocycles. The molecule has 0 saturated carbocycles. The van der Waals surface area contributed by atoms with Crippen LogP contribution < -0.4 is 5.32 Å². The fraction of sp³-hybridized carbons (Fsp3) is 0.429. The summed E-state index contributed by atoms with van der Waals surface area (Å²) >= 11 is 0. The molecule has 15 heavy (non-hydrogen) atoms. The Kier molecular flexibility index (Phi) is 3.17. The number of nitrogens with one attached hydrogen (secondary N) is 2. The zero-order chi connectivity index (χ0) is 11.5. The molecule has 1 heterocycles. The van der Waals surface area contributed by atoms with Crippen molar-refractivity contribution in [3.63, 3.8) is 0 Å². The third-order valence-electron chi connectivity index (χ3n) is 1.42. The molecule has 0 aromatic carbocycles. The molecule has 1 aromatic heterocycles. The number of carbonyl (C=O) groups excluding carboxylic acids is 1. The Morgan fingerprint density at radius 3 is 2.80 bits per heavy atom. The van der Waals surface area contributed by atoms with Gasteiger partial charge in [0.15, 0.2) is 6.61 Å². The molecule has 0 bridgehead atoms. The largest absolute Gasteiger partial charge is 0.440 e. The number of aromatic nitrogens is 2. The van der Waals surface area contributed by atoms with E-state index in [4.69, 9.17) is 0 Å². The molecule has 0 atom stereocenters. The summed E-state index contributed by atoms with van der Waals surface area (Å²) < 4.78 is 38.9. The van der Waals surface area contributed by atoms with Crippen molar-refractivity contribution in [2.75, 3.05) is 11.9 Å². The molecule has 2 N–H and O–H groups in total. The second-order valence-electron chi connectivity index (χ2n) is 2.74. The van der Waals surface area contributed by atoms with Crippen LogP contribution in [0.5, 0.6) is 0 Å². The van der Waals surface area contributed by atoms with E-state index < -0.39 is 18.9 Å². The van der Waals surface area contributed by atoms with Crippen LogP contribution in [0.25, 0.3) is 0 Å². The van der Waals surface area contributed by atoms with E-state index in [2.05, 4.69) is 20.3 Å². The Bertz CT molecular complexity index is 347. The minimum Gasteiger partial charge on any atom is -0.440 e. The van der Waals surface area contributed by atoms with Crippen LogP contribution in [0.4, 0.5) is 23.8 Å². The molecule has 0 aliphatic carbocycles. The van der Waals surface area contributed by atoms with Gasteiger partial charge >= 0.3 is 12.3 Å². The highest BCUT2D eigenvalue weighted by molar-refractivity contribution is 5.84. The molecule has 1 amide bonds. The summed E-state index contributed by atoms with van der Waals surface area (Å²) in [6.45, 7) is 0.00882. The third kappa shape index (κ3) is 3.88. The predicted octanol–water partition coefficient (Wildman–Crippen LogP) is 1.83. The number of aromatic amines is 1. The van der Waals surface area contributed by atoms with E-state index in [1.54, 1.807) is 6.92 Å². The summed E-state index contributed by atoms with van der Waals surface area (Å²) in [4.78, 5) is 10.8. The summed E-state index contributed by atoms with van der Waals surface area (Å²) in [6.07, 6.45) is -4.29. The second kappa shape index (κ2) is 4.20. The SMILES string of the molecule is Cc1cn[nH]c1NC(=O)OCC(F)(F)F. The molecule has 0 radical (unpaired) electrons. The van der Waals surface area contributed by atoms with Crippen LogP contribution in [-0.2, 0) is 4.74 Å². The van der Waals surface area contributed by atoms with Crippen LogP contribution in [0, 0.1) is 6.92 Å². The van der Waals surface area contributed by atoms with Crippen molar-refractivity contribution >= 4 is 11.9 Å². The highest BCUT2D eigenvalue weighted by Gasteiger charge is 2.29. The first-order valence-electron chi connectivity index (χ1n) is 3.89. The average Bonchev–Trinajstić information content (AvgIpc) is 2.47. The molecule has 0 spiro atoms. The Hall–Kier alpha value is -1.73. The number of hydrogen-bond donors (Lipinski definition) is 2. The van der Waals surface area contributed by atoms with Crippen LogP contribution in [0.3, 0.4) is 0 Å². The molecule has 1 rings (SSSR count). The minimum atomic E-state index is -4.53. The first-order chi connectivity index (χ1) is 6.88. The van der Waals surface area contributed by atoms with Gasteiger partial charge in [-0.1, -0.05) is 0 Å². The summed E-state index contributed by atoms with van der Waals surface area (Å²) in [5, 5.41) is 8.04. The first-order valence-corrected chi connectivity index (χ1v) is 3.89. The zero-order valence-electron chi connectivity index (χ0n) is 7.68. The molecule has 0 aliphatic rings. The monoisotopic (exact) mass is 223 g/mol. The van der Waals surface area contributed by atoms with Gasteiger partial charge in [-0.2, -0.15) is 18.3 Å². The predicted molar refractivity (Wildman–Crippen MR) is 44.4 cm³/mol. The van der Waals surface area contributed by atoms with E-state index in [0.717, 1.165) is 0 Å². The third-order valence-corrected chi connectivity index (χ3v) is 1.42. The smallest absolute Gasteiger partial charge is 0.422 e. The molecular weight excluding hydrogens is 215 g/mol. The van der Waals surface area contributed by atoms with Gasteiger partial charge in [0.1, 0.15) is 5.82 Å². The maximum atomic E-state index is 11.6. The normalized spacial score (nSPS) is 11.2. The van der Waals surface area contributed by atoms with Crippen LogP contribution >= 0.6 is 0 Å². The maximum Gasteiger partial charge on any atom is 0.422 e. The highest BCUT2D eigenvalue weighted by Crippen LogP contribution is 2.15. The summed E-state index contributed by atoms with van der Waals surface area (Å²) in [5.74, 6) is 0.210. The first kappa shape index (κ1) is 11.3. The second-order valence-corrected chi connectivity index (χ2v) is 2.74. The van der Waals surface area contributed by atoms with E-state index in [-0.39, 0.29) is 5.82 Å². The standard InChI is InChI=1S/C7H8F3N3O2/c1-4-2-11-13-5(4)12-6(14)15-3-7(8,9)10/h2H,3H2,1H3,(H2,11,12,13,14). The van der Waals surface area contributed by atoms with E-state index in [1.807, 2.05) is 0 Å². The number of carbonyl (C=O) groups is 1. The zero-order valence-corrected chi connectivity index (χ0v) is 7.68. The van der Waals surface area contributed by atoms with Gasteiger partial charge in [0, 0.05) is 5.56 Å². The number of anilines is 1. The summed E-state index contributed by atoms with van der Waals surface area (Å²) in [6, 6.07) is 0. The van der Waals surface area contributed by atoms with Gasteiger partial charge in [0.2, 0.25) is 0 Å².